The molecule has 1 N–H and O–H groups in total. The molecule has 1 aliphatic heterocycles. The van der Waals surface area contributed by atoms with Crippen molar-refractivity contribution in [2.75, 3.05) is 33.3 Å². The second kappa shape index (κ2) is 6.60. The predicted molar refractivity (Wildman–Crippen MR) is 86.6 cm³/mol. The average Bonchev–Trinajstić information content (AvgIpc) is 2.90. The highest BCUT2D eigenvalue weighted by Crippen LogP contribution is 2.19. The maximum atomic E-state index is 5.94. The first-order chi connectivity index (χ1) is 10.3. The molecule has 1 saturated heterocycles. The Morgan fingerprint density at radius 3 is 3.05 bits per heavy atom. The van der Waals surface area contributed by atoms with E-state index in [0.29, 0.717) is 6.10 Å². The van der Waals surface area contributed by atoms with Gasteiger partial charge in [-0.1, -0.05) is 19.1 Å². The van der Waals surface area contributed by atoms with Crippen molar-refractivity contribution >= 4 is 10.9 Å². The Morgan fingerprint density at radius 1 is 1.33 bits per heavy atom. The molecule has 1 atom stereocenters. The topological polar surface area (TPSA) is 29.4 Å². The zero-order valence-corrected chi connectivity index (χ0v) is 13.0. The molecule has 0 spiro atoms. The third kappa shape index (κ3) is 3.28. The molecule has 1 aromatic heterocycles. The van der Waals surface area contributed by atoms with Gasteiger partial charge in [-0.3, -0.25) is 4.90 Å². The van der Waals surface area contributed by atoms with Gasteiger partial charge in [0.25, 0.3) is 0 Å². The Labute approximate surface area is 126 Å². The Kier molecular flexibility index (Phi) is 4.58. The summed E-state index contributed by atoms with van der Waals surface area (Å²) in [6, 6.07) is 8.88. The molecule has 0 radical (unpaired) electrons. The Morgan fingerprint density at radius 2 is 2.24 bits per heavy atom. The smallest absolute Gasteiger partial charge is 0.0881 e. The fraction of sp³-hybridized carbons (Fsp3) is 0.529. The number of benzene rings is 1. The second-order valence-electron chi connectivity index (χ2n) is 5.78. The Balaban J connectivity index is 1.78. The maximum absolute atomic E-state index is 5.94. The molecule has 4 nitrogen and oxygen atoms in total. The van der Waals surface area contributed by atoms with E-state index in [1.54, 1.807) is 0 Å². The minimum atomic E-state index is 0.294. The van der Waals surface area contributed by atoms with Crippen molar-refractivity contribution < 1.29 is 4.74 Å². The van der Waals surface area contributed by atoms with Gasteiger partial charge >= 0.3 is 0 Å². The molecule has 2 heterocycles. The number of rotatable bonds is 5. The number of morpholine rings is 1. The van der Waals surface area contributed by atoms with E-state index in [-0.39, 0.29) is 0 Å². The lowest BCUT2D eigenvalue weighted by Gasteiger charge is -2.32. The van der Waals surface area contributed by atoms with Gasteiger partial charge in [-0.2, -0.15) is 0 Å². The zero-order valence-electron chi connectivity index (χ0n) is 13.0. The first-order valence-corrected chi connectivity index (χ1v) is 7.86. The molecule has 1 aliphatic rings. The van der Waals surface area contributed by atoms with Crippen LogP contribution in [0.2, 0.25) is 0 Å². The van der Waals surface area contributed by atoms with Crippen molar-refractivity contribution in [2.24, 2.45) is 0 Å². The molecule has 4 heteroatoms. The zero-order chi connectivity index (χ0) is 14.7. The molecule has 0 bridgehead atoms. The number of likely N-dealkylation sites (N-methyl/N-ethyl adjacent to an activating group) is 1. The van der Waals surface area contributed by atoms with Crippen LogP contribution in [0.15, 0.2) is 30.5 Å². The lowest BCUT2D eigenvalue weighted by molar-refractivity contribution is -0.0337. The molecular weight excluding hydrogens is 262 g/mol. The molecule has 21 heavy (non-hydrogen) atoms. The van der Waals surface area contributed by atoms with Crippen molar-refractivity contribution in [1.29, 1.82) is 0 Å². The van der Waals surface area contributed by atoms with E-state index in [2.05, 4.69) is 52.2 Å². The normalized spacial score (nSPS) is 20.2. The maximum Gasteiger partial charge on any atom is 0.0881 e. The second-order valence-corrected chi connectivity index (χ2v) is 5.78. The van der Waals surface area contributed by atoms with Crippen LogP contribution in [0.25, 0.3) is 10.9 Å². The monoisotopic (exact) mass is 287 g/mol. The van der Waals surface area contributed by atoms with E-state index >= 15 is 0 Å². The first-order valence-electron chi connectivity index (χ1n) is 7.86. The molecule has 1 aromatic carbocycles. The van der Waals surface area contributed by atoms with Gasteiger partial charge in [0, 0.05) is 31.3 Å². The van der Waals surface area contributed by atoms with Crippen LogP contribution in [-0.4, -0.2) is 48.9 Å². The van der Waals surface area contributed by atoms with Crippen molar-refractivity contribution in [3.05, 3.63) is 36.0 Å². The first kappa shape index (κ1) is 14.6. The summed E-state index contributed by atoms with van der Waals surface area (Å²) in [4.78, 5) is 2.46. The Hall–Kier alpha value is -1.36. The average molecular weight is 287 g/mol. The molecule has 114 valence electrons. The minimum Gasteiger partial charge on any atom is -0.374 e. The van der Waals surface area contributed by atoms with E-state index in [4.69, 9.17) is 4.74 Å². The number of nitrogens with one attached hydrogen (secondary N) is 1. The third-order valence-electron chi connectivity index (χ3n) is 4.29. The lowest BCUT2D eigenvalue weighted by atomic mass is 10.1. The molecule has 0 saturated carbocycles. The van der Waals surface area contributed by atoms with E-state index in [9.17, 15) is 0 Å². The van der Waals surface area contributed by atoms with Gasteiger partial charge in [0.15, 0.2) is 0 Å². The van der Waals surface area contributed by atoms with Crippen LogP contribution < -0.4 is 5.32 Å². The number of ether oxygens (including phenoxy) is 1. The molecule has 0 aliphatic carbocycles. The van der Waals surface area contributed by atoms with Crippen LogP contribution in [0.1, 0.15) is 12.5 Å². The third-order valence-corrected chi connectivity index (χ3v) is 4.29. The van der Waals surface area contributed by atoms with E-state index < -0.39 is 0 Å². The molecular formula is C17H25N3O. The van der Waals surface area contributed by atoms with Gasteiger partial charge in [0.05, 0.1) is 19.3 Å². The van der Waals surface area contributed by atoms with Crippen LogP contribution in [-0.2, 0) is 17.8 Å². The summed E-state index contributed by atoms with van der Waals surface area (Å²) in [7, 11) is 1.98. The molecule has 2 aromatic rings. The van der Waals surface area contributed by atoms with Gasteiger partial charge in [0.2, 0.25) is 0 Å². The highest BCUT2D eigenvalue weighted by atomic mass is 16.5. The quantitative estimate of drug-likeness (QED) is 0.913. The number of nitrogens with zero attached hydrogens (tertiary/aromatic N) is 2. The molecule has 0 amide bonds. The van der Waals surface area contributed by atoms with E-state index in [1.807, 2.05) is 7.05 Å². The van der Waals surface area contributed by atoms with Gasteiger partial charge in [-0.25, -0.2) is 0 Å². The summed E-state index contributed by atoms with van der Waals surface area (Å²) in [6.45, 7) is 8.12. The van der Waals surface area contributed by atoms with E-state index in [0.717, 1.165) is 39.3 Å². The molecule has 1 unspecified atom stereocenters. The molecule has 3 rings (SSSR count). The van der Waals surface area contributed by atoms with Gasteiger partial charge in [-0.15, -0.1) is 0 Å². The number of aromatic nitrogens is 1. The summed E-state index contributed by atoms with van der Waals surface area (Å²) in [6.07, 6.45) is 2.48. The van der Waals surface area contributed by atoms with Crippen LogP contribution in [0.3, 0.4) is 0 Å². The van der Waals surface area contributed by atoms with Crippen molar-refractivity contribution in [2.45, 2.75) is 26.1 Å². The summed E-state index contributed by atoms with van der Waals surface area (Å²) in [5, 5.41) is 4.52. The summed E-state index contributed by atoms with van der Waals surface area (Å²) >= 11 is 0. The summed E-state index contributed by atoms with van der Waals surface area (Å²) in [5.41, 5.74) is 2.63. The van der Waals surface area contributed by atoms with Crippen LogP contribution in [0.5, 0.6) is 0 Å². The van der Waals surface area contributed by atoms with Gasteiger partial charge in [-0.05, 0) is 36.7 Å². The van der Waals surface area contributed by atoms with Crippen molar-refractivity contribution in [1.82, 2.24) is 14.8 Å². The van der Waals surface area contributed by atoms with Crippen molar-refractivity contribution in [3.63, 3.8) is 0 Å². The number of fused-ring (bicyclic) bond motifs is 1. The van der Waals surface area contributed by atoms with Crippen LogP contribution in [0, 0.1) is 0 Å². The minimum absolute atomic E-state index is 0.294. The fourth-order valence-electron chi connectivity index (χ4n) is 3.10. The highest BCUT2D eigenvalue weighted by Gasteiger charge is 2.20. The predicted octanol–water partition coefficient (Wildman–Crippen LogP) is 2.08. The SMILES string of the molecule is CCN1CCOC(Cn2ccc3ccc(CNC)cc32)C1. The Bertz CT molecular complexity index is 593. The van der Waals surface area contributed by atoms with Crippen LogP contribution >= 0.6 is 0 Å². The van der Waals surface area contributed by atoms with Crippen molar-refractivity contribution in [3.8, 4) is 0 Å². The number of hydrogen-bond donors (Lipinski definition) is 1. The summed E-state index contributed by atoms with van der Waals surface area (Å²) in [5.74, 6) is 0. The number of hydrogen-bond acceptors (Lipinski definition) is 3. The highest BCUT2D eigenvalue weighted by molar-refractivity contribution is 5.80. The fourth-order valence-corrected chi connectivity index (χ4v) is 3.10. The van der Waals surface area contributed by atoms with E-state index in [1.165, 1.54) is 16.5 Å². The molecule has 1 fully saturated rings. The largest absolute Gasteiger partial charge is 0.374 e. The van der Waals surface area contributed by atoms with Gasteiger partial charge < -0.3 is 14.6 Å². The van der Waals surface area contributed by atoms with Crippen LogP contribution in [0.4, 0.5) is 0 Å². The van der Waals surface area contributed by atoms with Gasteiger partial charge in [0.1, 0.15) is 0 Å². The lowest BCUT2D eigenvalue weighted by Crippen LogP contribution is -2.43. The summed E-state index contributed by atoms with van der Waals surface area (Å²) < 4.78 is 8.27. The standard InChI is InChI=1S/C17H25N3O/c1-3-19-8-9-21-16(12-19)13-20-7-6-15-5-4-14(11-18-2)10-17(15)20/h4-7,10,16,18H,3,8-9,11-13H2,1-2H3.